The van der Waals surface area contributed by atoms with Crippen molar-refractivity contribution in [2.24, 2.45) is 0 Å². The smallest absolute Gasteiger partial charge is 0.295 e. The number of para-hydroxylation sites is 1. The second kappa shape index (κ2) is 8.51. The minimum Gasteiger partial charge on any atom is -0.493 e. The van der Waals surface area contributed by atoms with E-state index in [0.717, 1.165) is 11.1 Å². The van der Waals surface area contributed by atoms with Crippen LogP contribution in [0.25, 0.3) is 11.0 Å². The molecule has 3 aromatic carbocycles. The Kier molecular flexibility index (Phi) is 5.47. The average Bonchev–Trinajstić information content (AvgIpc) is 3.17. The molecule has 35 heavy (non-hydrogen) atoms. The van der Waals surface area contributed by atoms with Gasteiger partial charge < -0.3 is 18.6 Å². The van der Waals surface area contributed by atoms with Gasteiger partial charge in [0, 0.05) is 5.69 Å². The Morgan fingerprint density at radius 1 is 0.829 bits per heavy atom. The molecular formula is C28H25NO6. The van der Waals surface area contributed by atoms with Crippen LogP contribution in [0.4, 0.5) is 5.69 Å². The maximum atomic E-state index is 13.9. The fourth-order valence-electron chi connectivity index (χ4n) is 4.66. The van der Waals surface area contributed by atoms with Gasteiger partial charge in [-0.25, -0.2) is 0 Å². The second-order valence-corrected chi connectivity index (χ2v) is 8.48. The van der Waals surface area contributed by atoms with Gasteiger partial charge in [0.1, 0.15) is 5.58 Å². The van der Waals surface area contributed by atoms with E-state index < -0.39 is 6.04 Å². The van der Waals surface area contributed by atoms with Crippen LogP contribution in [0.3, 0.4) is 0 Å². The van der Waals surface area contributed by atoms with E-state index in [1.165, 1.54) is 21.3 Å². The van der Waals surface area contributed by atoms with Gasteiger partial charge in [-0.15, -0.1) is 0 Å². The van der Waals surface area contributed by atoms with E-state index in [0.29, 0.717) is 39.5 Å². The minimum absolute atomic E-state index is 0.0355. The highest BCUT2D eigenvalue weighted by molar-refractivity contribution is 6.10. The highest BCUT2D eigenvalue weighted by Gasteiger charge is 2.44. The standard InChI is InChI=1S/C28H25NO6/c1-15-11-19-20(12-16(15)2)35-27-23(25(19)30)24(29(28(27)31)18-9-7-6-8-10-18)17-13-21(32-3)26(34-5)22(14-17)33-4/h6-14,24H,1-5H3. The van der Waals surface area contributed by atoms with Crippen LogP contribution in [0.5, 0.6) is 17.2 Å². The van der Waals surface area contributed by atoms with Gasteiger partial charge in [-0.1, -0.05) is 18.2 Å². The molecule has 0 saturated heterocycles. The number of benzene rings is 3. The van der Waals surface area contributed by atoms with Gasteiger partial charge in [0.05, 0.1) is 38.3 Å². The third-order valence-corrected chi connectivity index (χ3v) is 6.52. The van der Waals surface area contributed by atoms with Crippen molar-refractivity contribution < 1.29 is 23.4 Å². The Bertz CT molecular complexity index is 1500. The number of fused-ring (bicyclic) bond motifs is 2. The molecule has 1 aliphatic heterocycles. The molecule has 0 saturated carbocycles. The molecule has 0 fully saturated rings. The maximum Gasteiger partial charge on any atom is 0.295 e. The predicted octanol–water partition coefficient (Wildman–Crippen LogP) is 5.19. The lowest BCUT2D eigenvalue weighted by Crippen LogP contribution is -2.29. The summed E-state index contributed by atoms with van der Waals surface area (Å²) in [4.78, 5) is 29.2. The first-order valence-electron chi connectivity index (χ1n) is 11.2. The number of carbonyl (C=O) groups excluding carboxylic acids is 1. The number of anilines is 1. The van der Waals surface area contributed by atoms with Crippen LogP contribution < -0.4 is 24.5 Å². The van der Waals surface area contributed by atoms with Crippen molar-refractivity contribution in [3.8, 4) is 17.2 Å². The first kappa shape index (κ1) is 22.5. The first-order valence-corrected chi connectivity index (χ1v) is 11.2. The fraction of sp³-hybridized carbons (Fsp3) is 0.214. The molecule has 0 bridgehead atoms. The van der Waals surface area contributed by atoms with Crippen molar-refractivity contribution >= 4 is 22.6 Å². The van der Waals surface area contributed by atoms with Crippen LogP contribution in [0.2, 0.25) is 0 Å². The lowest BCUT2D eigenvalue weighted by molar-refractivity contribution is 0.0971. The first-order chi connectivity index (χ1) is 16.9. The number of rotatable bonds is 5. The summed E-state index contributed by atoms with van der Waals surface area (Å²) in [6.45, 7) is 3.89. The van der Waals surface area contributed by atoms with Crippen molar-refractivity contribution in [2.45, 2.75) is 19.9 Å². The molecule has 5 rings (SSSR count). The highest BCUT2D eigenvalue weighted by Crippen LogP contribution is 2.46. The number of methoxy groups -OCH3 is 3. The lowest BCUT2D eigenvalue weighted by atomic mass is 9.96. The van der Waals surface area contributed by atoms with Crippen molar-refractivity contribution in [1.82, 2.24) is 0 Å². The molecule has 4 aromatic rings. The summed E-state index contributed by atoms with van der Waals surface area (Å²) in [5.74, 6) is 0.918. The van der Waals surface area contributed by atoms with Gasteiger partial charge in [-0.05, 0) is 66.9 Å². The van der Waals surface area contributed by atoms with Crippen LogP contribution >= 0.6 is 0 Å². The van der Waals surface area contributed by atoms with E-state index in [1.807, 2.05) is 50.2 Å². The highest BCUT2D eigenvalue weighted by atomic mass is 16.5. The largest absolute Gasteiger partial charge is 0.493 e. The molecule has 0 N–H and O–H groups in total. The zero-order chi connectivity index (χ0) is 24.9. The summed E-state index contributed by atoms with van der Waals surface area (Å²) in [7, 11) is 4.57. The van der Waals surface area contributed by atoms with Crippen LogP contribution in [-0.4, -0.2) is 27.2 Å². The molecule has 1 aliphatic rings. The van der Waals surface area contributed by atoms with Crippen LogP contribution in [-0.2, 0) is 0 Å². The summed E-state index contributed by atoms with van der Waals surface area (Å²) in [6, 6.07) is 15.6. The molecule has 0 radical (unpaired) electrons. The molecule has 7 heteroatoms. The summed E-state index contributed by atoms with van der Waals surface area (Å²) in [5, 5.41) is 0.437. The van der Waals surface area contributed by atoms with E-state index in [9.17, 15) is 9.59 Å². The number of carbonyl (C=O) groups is 1. The van der Waals surface area contributed by atoms with E-state index in [4.69, 9.17) is 18.6 Å². The van der Waals surface area contributed by atoms with Crippen molar-refractivity contribution in [3.05, 3.63) is 92.8 Å². The zero-order valence-corrected chi connectivity index (χ0v) is 20.2. The molecule has 0 spiro atoms. The number of hydrogen-bond donors (Lipinski definition) is 0. The topological polar surface area (TPSA) is 78.2 Å². The van der Waals surface area contributed by atoms with Crippen LogP contribution in [0, 0.1) is 13.8 Å². The van der Waals surface area contributed by atoms with Gasteiger partial charge in [0.25, 0.3) is 5.91 Å². The second-order valence-electron chi connectivity index (χ2n) is 8.48. The predicted molar refractivity (Wildman–Crippen MR) is 133 cm³/mol. The third-order valence-electron chi connectivity index (χ3n) is 6.52. The molecule has 2 heterocycles. The quantitative estimate of drug-likeness (QED) is 0.399. The normalized spacial score (nSPS) is 14.8. The van der Waals surface area contributed by atoms with Crippen molar-refractivity contribution in [2.75, 3.05) is 26.2 Å². The maximum absolute atomic E-state index is 13.9. The average molecular weight is 472 g/mol. The van der Waals surface area contributed by atoms with Gasteiger partial charge >= 0.3 is 0 Å². The van der Waals surface area contributed by atoms with Crippen molar-refractivity contribution in [1.29, 1.82) is 0 Å². The van der Waals surface area contributed by atoms with E-state index >= 15 is 0 Å². The molecule has 178 valence electrons. The Morgan fingerprint density at radius 3 is 2.06 bits per heavy atom. The summed E-state index contributed by atoms with van der Waals surface area (Å²) in [5.41, 5.74) is 3.65. The molecule has 1 unspecified atom stereocenters. The number of hydrogen-bond acceptors (Lipinski definition) is 6. The van der Waals surface area contributed by atoms with E-state index in [1.54, 1.807) is 23.1 Å². The van der Waals surface area contributed by atoms with Gasteiger partial charge in [-0.2, -0.15) is 0 Å². The molecule has 1 atom stereocenters. The Balaban J connectivity index is 1.85. The van der Waals surface area contributed by atoms with Crippen molar-refractivity contribution in [3.63, 3.8) is 0 Å². The SMILES string of the molecule is COc1cc(C2c3c(oc4cc(C)c(C)cc4c3=O)C(=O)N2c2ccccc2)cc(OC)c1OC. The zero-order valence-electron chi connectivity index (χ0n) is 20.2. The summed E-state index contributed by atoms with van der Waals surface area (Å²) in [6.07, 6.45) is 0. The number of amides is 1. The van der Waals surface area contributed by atoms with Crippen LogP contribution in [0.15, 0.2) is 63.8 Å². The number of aryl methyl sites for hydroxylation is 2. The summed E-state index contributed by atoms with van der Waals surface area (Å²) >= 11 is 0. The monoisotopic (exact) mass is 471 g/mol. The third kappa shape index (κ3) is 3.43. The lowest BCUT2D eigenvalue weighted by Gasteiger charge is -2.26. The van der Waals surface area contributed by atoms with Gasteiger partial charge in [0.2, 0.25) is 11.5 Å². The summed E-state index contributed by atoms with van der Waals surface area (Å²) < 4.78 is 22.7. The molecule has 7 nitrogen and oxygen atoms in total. The minimum atomic E-state index is -0.754. The Hall–Kier alpha value is -4.26. The van der Waals surface area contributed by atoms with Gasteiger partial charge in [0.15, 0.2) is 16.9 Å². The number of nitrogens with zero attached hydrogens (tertiary/aromatic N) is 1. The van der Waals surface area contributed by atoms with E-state index in [2.05, 4.69) is 0 Å². The Morgan fingerprint density at radius 2 is 1.46 bits per heavy atom. The molecule has 1 amide bonds. The van der Waals surface area contributed by atoms with E-state index in [-0.39, 0.29) is 22.7 Å². The molecule has 1 aromatic heterocycles. The number of ether oxygens (including phenoxy) is 3. The van der Waals surface area contributed by atoms with Crippen LogP contribution in [0.1, 0.15) is 38.9 Å². The Labute approximate surface area is 202 Å². The molecule has 0 aliphatic carbocycles. The van der Waals surface area contributed by atoms with Gasteiger partial charge in [-0.3, -0.25) is 14.5 Å². The fourth-order valence-corrected chi connectivity index (χ4v) is 4.66. The molecular weight excluding hydrogens is 446 g/mol.